The highest BCUT2D eigenvalue weighted by Gasteiger charge is 2.23. The monoisotopic (exact) mass is 193 g/mol. The van der Waals surface area contributed by atoms with Gasteiger partial charge in [-0.2, -0.15) is 0 Å². The lowest BCUT2D eigenvalue weighted by atomic mass is 9.91. The van der Waals surface area contributed by atoms with Gasteiger partial charge in [0.1, 0.15) is 5.69 Å². The van der Waals surface area contributed by atoms with Gasteiger partial charge in [-0.25, -0.2) is 0 Å². The lowest BCUT2D eigenvalue weighted by Gasteiger charge is -2.36. The van der Waals surface area contributed by atoms with Gasteiger partial charge in [-0.05, 0) is 25.3 Å². The van der Waals surface area contributed by atoms with Gasteiger partial charge in [0.05, 0.1) is 5.69 Å². The molecule has 0 saturated heterocycles. The average Bonchev–Trinajstić information content (AvgIpc) is 2.06. The number of hydrogen-bond donors (Lipinski definition) is 2. The molecule has 1 aromatic heterocycles. The van der Waals surface area contributed by atoms with Gasteiger partial charge in [0.2, 0.25) is 0 Å². The Kier molecular flexibility index (Phi) is 2.19. The third-order valence-corrected chi connectivity index (χ3v) is 2.98. The van der Waals surface area contributed by atoms with E-state index in [2.05, 4.69) is 9.88 Å². The summed E-state index contributed by atoms with van der Waals surface area (Å²) in [5.41, 5.74) is 6.68. The molecule has 76 valence electrons. The van der Waals surface area contributed by atoms with E-state index in [4.69, 9.17) is 5.73 Å². The molecule has 0 spiro atoms. The molecule has 14 heavy (non-hydrogen) atoms. The molecular weight excluding hydrogens is 178 g/mol. The van der Waals surface area contributed by atoms with Crippen LogP contribution in [-0.2, 0) is 0 Å². The van der Waals surface area contributed by atoms with Crippen molar-refractivity contribution in [3.63, 3.8) is 0 Å². The third-order valence-electron chi connectivity index (χ3n) is 2.98. The second-order valence-electron chi connectivity index (χ2n) is 3.80. The molecule has 1 aliphatic rings. The highest BCUT2D eigenvalue weighted by molar-refractivity contribution is 5.66. The Morgan fingerprint density at radius 2 is 2.29 bits per heavy atom. The summed E-state index contributed by atoms with van der Waals surface area (Å²) in [5, 5.41) is 0. The van der Waals surface area contributed by atoms with Gasteiger partial charge >= 0.3 is 0 Å². The van der Waals surface area contributed by atoms with Crippen molar-refractivity contribution in [2.75, 3.05) is 17.7 Å². The molecule has 4 nitrogen and oxygen atoms in total. The van der Waals surface area contributed by atoms with Crippen LogP contribution in [0, 0.1) is 0 Å². The highest BCUT2D eigenvalue weighted by Crippen LogP contribution is 2.29. The molecule has 1 saturated carbocycles. The number of nitrogen functional groups attached to an aromatic ring is 1. The van der Waals surface area contributed by atoms with E-state index in [0.29, 0.717) is 11.7 Å². The lowest BCUT2D eigenvalue weighted by molar-refractivity contribution is 0.401. The van der Waals surface area contributed by atoms with Crippen molar-refractivity contribution in [3.8, 4) is 0 Å². The minimum atomic E-state index is -0.200. The Morgan fingerprint density at radius 1 is 1.57 bits per heavy atom. The van der Waals surface area contributed by atoms with E-state index in [-0.39, 0.29) is 5.56 Å². The van der Waals surface area contributed by atoms with Crippen molar-refractivity contribution >= 4 is 11.4 Å². The van der Waals surface area contributed by atoms with E-state index in [1.54, 1.807) is 6.20 Å². The van der Waals surface area contributed by atoms with E-state index in [1.807, 2.05) is 13.1 Å². The molecule has 4 heteroatoms. The molecule has 0 bridgehead atoms. The van der Waals surface area contributed by atoms with Crippen LogP contribution in [0.1, 0.15) is 19.3 Å². The molecule has 1 aromatic rings. The molecule has 1 heterocycles. The highest BCUT2D eigenvalue weighted by atomic mass is 16.1. The Balaban J connectivity index is 2.30. The van der Waals surface area contributed by atoms with Gasteiger partial charge in [0.15, 0.2) is 0 Å². The fraction of sp³-hybridized carbons (Fsp3) is 0.500. The molecule has 2 rings (SSSR count). The van der Waals surface area contributed by atoms with Gasteiger partial charge in [0.25, 0.3) is 5.56 Å². The third kappa shape index (κ3) is 1.36. The molecular formula is C10H15N3O. The fourth-order valence-electron chi connectivity index (χ4n) is 1.76. The number of aromatic nitrogens is 1. The zero-order valence-electron chi connectivity index (χ0n) is 8.29. The van der Waals surface area contributed by atoms with Gasteiger partial charge in [-0.3, -0.25) is 4.79 Å². The van der Waals surface area contributed by atoms with Gasteiger partial charge in [-0.1, -0.05) is 0 Å². The fourth-order valence-corrected chi connectivity index (χ4v) is 1.76. The summed E-state index contributed by atoms with van der Waals surface area (Å²) in [6.07, 6.45) is 5.31. The number of aromatic amines is 1. The quantitative estimate of drug-likeness (QED) is 0.735. The second kappa shape index (κ2) is 3.36. The van der Waals surface area contributed by atoms with E-state index < -0.39 is 0 Å². The van der Waals surface area contributed by atoms with Crippen molar-refractivity contribution in [3.05, 3.63) is 22.6 Å². The van der Waals surface area contributed by atoms with Crippen LogP contribution in [0.2, 0.25) is 0 Å². The van der Waals surface area contributed by atoms with Crippen molar-refractivity contribution in [1.82, 2.24) is 4.98 Å². The number of anilines is 2. The Labute approximate surface area is 82.7 Å². The van der Waals surface area contributed by atoms with Crippen molar-refractivity contribution in [1.29, 1.82) is 0 Å². The molecule has 0 aromatic carbocycles. The largest absolute Gasteiger partial charge is 0.393 e. The number of nitrogens with two attached hydrogens (primary N) is 1. The standard InChI is InChI=1S/C10H15N3O/c1-13(7-3-2-4-7)8-5-6-12-10(14)9(8)11/h5-7H,2-4,11H2,1H3,(H,12,14). The summed E-state index contributed by atoms with van der Waals surface area (Å²) in [6, 6.07) is 2.41. The maximum absolute atomic E-state index is 11.3. The second-order valence-corrected chi connectivity index (χ2v) is 3.80. The summed E-state index contributed by atoms with van der Waals surface area (Å²) in [4.78, 5) is 15.9. The van der Waals surface area contributed by atoms with E-state index in [1.165, 1.54) is 19.3 Å². The van der Waals surface area contributed by atoms with Gasteiger partial charge < -0.3 is 15.6 Å². The van der Waals surface area contributed by atoms with Crippen LogP contribution in [0.4, 0.5) is 11.4 Å². The summed E-state index contributed by atoms with van der Waals surface area (Å²) in [6.45, 7) is 0. The summed E-state index contributed by atoms with van der Waals surface area (Å²) in [5.74, 6) is 0. The predicted molar refractivity (Wildman–Crippen MR) is 57.5 cm³/mol. The molecule has 3 N–H and O–H groups in total. The van der Waals surface area contributed by atoms with Gasteiger partial charge in [0, 0.05) is 19.3 Å². The topological polar surface area (TPSA) is 62.1 Å². The minimum Gasteiger partial charge on any atom is -0.393 e. The van der Waals surface area contributed by atoms with Crippen LogP contribution in [0.5, 0.6) is 0 Å². The minimum absolute atomic E-state index is 0.200. The van der Waals surface area contributed by atoms with Gasteiger partial charge in [-0.15, -0.1) is 0 Å². The number of rotatable bonds is 2. The van der Waals surface area contributed by atoms with Crippen molar-refractivity contribution < 1.29 is 0 Å². The molecule has 0 atom stereocenters. The van der Waals surface area contributed by atoms with E-state index >= 15 is 0 Å². The maximum Gasteiger partial charge on any atom is 0.273 e. The Bertz CT molecular complexity index is 381. The van der Waals surface area contributed by atoms with Crippen LogP contribution >= 0.6 is 0 Å². The van der Waals surface area contributed by atoms with E-state index in [9.17, 15) is 4.79 Å². The zero-order chi connectivity index (χ0) is 10.1. The molecule has 0 amide bonds. The molecule has 0 radical (unpaired) electrons. The zero-order valence-corrected chi connectivity index (χ0v) is 8.29. The van der Waals surface area contributed by atoms with Crippen LogP contribution < -0.4 is 16.2 Å². The first kappa shape index (κ1) is 9.12. The number of hydrogen-bond acceptors (Lipinski definition) is 3. The SMILES string of the molecule is CN(c1cc[nH]c(=O)c1N)C1CCC1. The first-order chi connectivity index (χ1) is 6.70. The predicted octanol–water partition coefficient (Wildman–Crippen LogP) is 0.946. The first-order valence-electron chi connectivity index (χ1n) is 4.90. The summed E-state index contributed by atoms with van der Waals surface area (Å²) >= 11 is 0. The molecule has 1 fully saturated rings. The van der Waals surface area contributed by atoms with Crippen molar-refractivity contribution in [2.45, 2.75) is 25.3 Å². The average molecular weight is 193 g/mol. The lowest BCUT2D eigenvalue weighted by Crippen LogP contribution is -2.38. The van der Waals surface area contributed by atoms with Crippen molar-refractivity contribution in [2.24, 2.45) is 0 Å². The first-order valence-corrected chi connectivity index (χ1v) is 4.90. The van der Waals surface area contributed by atoms with Crippen LogP contribution in [0.15, 0.2) is 17.1 Å². The molecule has 0 unspecified atom stereocenters. The Morgan fingerprint density at radius 3 is 2.86 bits per heavy atom. The number of H-pyrrole nitrogens is 1. The van der Waals surface area contributed by atoms with Crippen LogP contribution in [0.25, 0.3) is 0 Å². The molecule has 0 aliphatic heterocycles. The Hall–Kier alpha value is -1.45. The van der Waals surface area contributed by atoms with E-state index in [0.717, 1.165) is 5.69 Å². The van der Waals surface area contributed by atoms with Crippen LogP contribution in [-0.4, -0.2) is 18.1 Å². The maximum atomic E-state index is 11.3. The molecule has 1 aliphatic carbocycles. The smallest absolute Gasteiger partial charge is 0.273 e. The number of nitrogens with zero attached hydrogens (tertiary/aromatic N) is 1. The number of nitrogens with one attached hydrogen (secondary N) is 1. The normalized spacial score (nSPS) is 16.4. The number of pyridine rings is 1. The van der Waals surface area contributed by atoms with Crippen LogP contribution in [0.3, 0.4) is 0 Å². The summed E-state index contributed by atoms with van der Waals surface area (Å²) < 4.78 is 0. The summed E-state index contributed by atoms with van der Waals surface area (Å²) in [7, 11) is 2.00.